The fraction of sp³-hybridized carbons (Fsp3) is 0.100. The van der Waals surface area contributed by atoms with Crippen LogP contribution in [0.15, 0.2) is 66.1 Å². The summed E-state index contributed by atoms with van der Waals surface area (Å²) in [6, 6.07) is 18.4. The second-order valence-electron chi connectivity index (χ2n) is 6.23. The minimum Gasteiger partial charge on any atom is -0.420 e. The largest absolute Gasteiger partial charge is 0.433 e. The number of hydrogen-bond acceptors (Lipinski definition) is 4. The lowest BCUT2D eigenvalue weighted by Gasteiger charge is -2.24. The molecule has 1 aliphatic rings. The van der Waals surface area contributed by atoms with Crippen LogP contribution in [-0.4, -0.2) is 10.2 Å². The molecule has 5 nitrogen and oxygen atoms in total. The third-order valence-corrected chi connectivity index (χ3v) is 4.57. The van der Waals surface area contributed by atoms with E-state index in [0.29, 0.717) is 5.56 Å². The number of aromatic amines is 1. The first kappa shape index (κ1) is 17.7. The Labute approximate surface area is 157 Å². The average Bonchev–Trinajstić information content (AvgIpc) is 3.11. The summed E-state index contributed by atoms with van der Waals surface area (Å²) in [5.74, 6) is -1.57. The van der Waals surface area contributed by atoms with Crippen LogP contribution in [0.1, 0.15) is 22.7 Å². The molecule has 3 aromatic rings. The first-order valence-corrected chi connectivity index (χ1v) is 8.28. The predicted octanol–water partition coefficient (Wildman–Crippen LogP) is 4.31. The van der Waals surface area contributed by atoms with E-state index in [4.69, 9.17) is 10.5 Å². The van der Waals surface area contributed by atoms with Gasteiger partial charge in [-0.15, -0.1) is 5.10 Å². The number of ether oxygens (including phenoxy) is 1. The normalized spacial score (nSPS) is 16.3. The molecule has 0 saturated heterocycles. The lowest BCUT2D eigenvalue weighted by molar-refractivity contribution is -0.141. The number of hydrogen-bond donors (Lipinski definition) is 2. The molecule has 4 rings (SSSR count). The van der Waals surface area contributed by atoms with Gasteiger partial charge < -0.3 is 10.5 Å². The Kier molecular flexibility index (Phi) is 4.08. The number of H-pyrrole nitrogens is 1. The monoisotopic (exact) mass is 382 g/mol. The van der Waals surface area contributed by atoms with Crippen LogP contribution in [0.25, 0.3) is 11.1 Å². The molecule has 1 aliphatic heterocycles. The summed E-state index contributed by atoms with van der Waals surface area (Å²) in [7, 11) is 0. The van der Waals surface area contributed by atoms with Gasteiger partial charge in [0, 0.05) is 0 Å². The van der Waals surface area contributed by atoms with E-state index in [9.17, 15) is 18.4 Å². The highest BCUT2D eigenvalue weighted by molar-refractivity contribution is 5.65. The van der Waals surface area contributed by atoms with Crippen molar-refractivity contribution in [3.63, 3.8) is 0 Å². The number of fused-ring (bicyclic) bond motifs is 1. The van der Waals surface area contributed by atoms with Crippen molar-refractivity contribution in [3.8, 4) is 23.1 Å². The van der Waals surface area contributed by atoms with Gasteiger partial charge in [0.15, 0.2) is 0 Å². The second kappa shape index (κ2) is 6.46. The van der Waals surface area contributed by atoms with E-state index in [0.717, 1.165) is 11.1 Å². The molecule has 0 radical (unpaired) electrons. The molecule has 0 amide bonds. The maximum absolute atomic E-state index is 13.5. The van der Waals surface area contributed by atoms with E-state index < -0.39 is 17.8 Å². The summed E-state index contributed by atoms with van der Waals surface area (Å²) in [5, 5.41) is 15.1. The van der Waals surface area contributed by atoms with Gasteiger partial charge in [0.2, 0.25) is 11.8 Å². The van der Waals surface area contributed by atoms with Crippen LogP contribution in [0, 0.1) is 11.3 Å². The molecule has 2 heterocycles. The fourth-order valence-corrected chi connectivity index (χ4v) is 3.29. The zero-order chi connectivity index (χ0) is 19.9. The lowest BCUT2D eigenvalue weighted by atomic mass is 9.83. The molecular weight excluding hydrogens is 369 g/mol. The van der Waals surface area contributed by atoms with Gasteiger partial charge in [0.25, 0.3) is 0 Å². The molecule has 8 heteroatoms. The average molecular weight is 382 g/mol. The second-order valence-corrected chi connectivity index (χ2v) is 6.23. The van der Waals surface area contributed by atoms with Crippen LogP contribution >= 0.6 is 0 Å². The van der Waals surface area contributed by atoms with Crippen molar-refractivity contribution in [2.45, 2.75) is 12.1 Å². The number of nitrogens with two attached hydrogens (primary N) is 1. The first-order valence-electron chi connectivity index (χ1n) is 8.28. The molecule has 140 valence electrons. The van der Waals surface area contributed by atoms with E-state index in [-0.39, 0.29) is 22.9 Å². The number of nitrogens with one attached hydrogen (secondary N) is 1. The maximum atomic E-state index is 13.5. The zero-order valence-electron chi connectivity index (χ0n) is 14.3. The topological polar surface area (TPSA) is 87.7 Å². The van der Waals surface area contributed by atoms with Crippen LogP contribution in [0.4, 0.5) is 13.2 Å². The smallest absolute Gasteiger partial charge is 0.420 e. The Hall–Kier alpha value is -3.73. The Balaban J connectivity index is 1.84. The summed E-state index contributed by atoms with van der Waals surface area (Å²) in [6.45, 7) is 0. The third-order valence-electron chi connectivity index (χ3n) is 4.57. The van der Waals surface area contributed by atoms with Gasteiger partial charge >= 0.3 is 6.18 Å². The van der Waals surface area contributed by atoms with Crippen LogP contribution in [0.5, 0.6) is 5.88 Å². The van der Waals surface area contributed by atoms with E-state index in [1.807, 2.05) is 41.5 Å². The van der Waals surface area contributed by atoms with Gasteiger partial charge in [-0.1, -0.05) is 54.6 Å². The highest BCUT2D eigenvalue weighted by Gasteiger charge is 2.44. The molecule has 0 fully saturated rings. The van der Waals surface area contributed by atoms with Crippen LogP contribution < -0.4 is 10.5 Å². The zero-order valence-corrected chi connectivity index (χ0v) is 14.3. The number of halogens is 3. The standard InChI is InChI=1S/C20H13F3N4O/c21-20(22,23)17-16-15(14(10-24)18(25)28-19(16)27-26-17)13-8-6-12(7-9-13)11-4-2-1-3-5-11/h1-9,15H,25H2,(H,26,27). The van der Waals surface area contributed by atoms with Crippen molar-refractivity contribution < 1.29 is 17.9 Å². The molecular formula is C20H13F3N4O. The van der Waals surface area contributed by atoms with Gasteiger partial charge in [-0.25, -0.2) is 0 Å². The van der Waals surface area contributed by atoms with Gasteiger partial charge in [-0.3, -0.25) is 5.10 Å². The summed E-state index contributed by atoms with van der Waals surface area (Å²) in [6.07, 6.45) is -4.68. The number of nitriles is 1. The van der Waals surface area contributed by atoms with E-state index in [1.54, 1.807) is 24.3 Å². The van der Waals surface area contributed by atoms with Crippen LogP contribution in [0.2, 0.25) is 0 Å². The quantitative estimate of drug-likeness (QED) is 0.691. The van der Waals surface area contributed by atoms with Crippen molar-refractivity contribution >= 4 is 0 Å². The van der Waals surface area contributed by atoms with Crippen LogP contribution in [0.3, 0.4) is 0 Å². The molecule has 3 N–H and O–H groups in total. The summed E-state index contributed by atoms with van der Waals surface area (Å²) in [5.41, 5.74) is 6.73. The molecule has 0 saturated carbocycles. The van der Waals surface area contributed by atoms with Gasteiger partial charge in [-0.05, 0) is 16.7 Å². The minimum atomic E-state index is -4.68. The van der Waals surface area contributed by atoms with Crippen LogP contribution in [-0.2, 0) is 6.18 Å². The number of benzene rings is 2. The van der Waals surface area contributed by atoms with Crippen molar-refractivity contribution in [2.75, 3.05) is 0 Å². The predicted molar refractivity (Wildman–Crippen MR) is 94.8 cm³/mol. The number of allylic oxidation sites excluding steroid dienone is 1. The van der Waals surface area contributed by atoms with Gasteiger partial charge in [-0.2, -0.15) is 18.4 Å². The fourth-order valence-electron chi connectivity index (χ4n) is 3.29. The molecule has 0 aliphatic carbocycles. The highest BCUT2D eigenvalue weighted by atomic mass is 19.4. The van der Waals surface area contributed by atoms with E-state index in [2.05, 4.69) is 5.10 Å². The lowest BCUT2D eigenvalue weighted by Crippen LogP contribution is -2.22. The number of nitrogens with zero attached hydrogens (tertiary/aromatic N) is 2. The summed E-state index contributed by atoms with van der Waals surface area (Å²) < 4.78 is 45.5. The van der Waals surface area contributed by atoms with Crippen molar-refractivity contribution in [3.05, 3.63) is 82.9 Å². The molecule has 0 bridgehead atoms. The summed E-state index contributed by atoms with van der Waals surface area (Å²) >= 11 is 0. The van der Waals surface area contributed by atoms with Gasteiger partial charge in [0.1, 0.15) is 17.3 Å². The van der Waals surface area contributed by atoms with E-state index >= 15 is 0 Å². The Morgan fingerprint density at radius 3 is 2.29 bits per heavy atom. The number of alkyl halides is 3. The Morgan fingerprint density at radius 1 is 1.04 bits per heavy atom. The summed E-state index contributed by atoms with van der Waals surface area (Å²) in [4.78, 5) is 0. The molecule has 1 unspecified atom stereocenters. The molecule has 1 aromatic heterocycles. The molecule has 1 atom stereocenters. The van der Waals surface area contributed by atoms with E-state index in [1.165, 1.54) is 0 Å². The molecule has 0 spiro atoms. The van der Waals surface area contributed by atoms with Crippen molar-refractivity contribution in [1.82, 2.24) is 10.2 Å². The van der Waals surface area contributed by atoms with Crippen molar-refractivity contribution in [2.24, 2.45) is 5.73 Å². The number of rotatable bonds is 2. The number of aromatic nitrogens is 2. The SMILES string of the molecule is N#CC1=C(N)Oc2n[nH]c(C(F)(F)F)c2C1c1ccc(-c2ccccc2)cc1. The molecule has 2 aromatic carbocycles. The third kappa shape index (κ3) is 2.87. The molecule has 28 heavy (non-hydrogen) atoms. The Morgan fingerprint density at radius 2 is 1.68 bits per heavy atom. The van der Waals surface area contributed by atoms with Crippen molar-refractivity contribution in [1.29, 1.82) is 5.26 Å². The maximum Gasteiger partial charge on any atom is 0.433 e. The Bertz CT molecular complexity index is 1090. The highest BCUT2D eigenvalue weighted by Crippen LogP contribution is 2.47. The van der Waals surface area contributed by atoms with Gasteiger partial charge in [0.05, 0.1) is 11.5 Å². The minimum absolute atomic E-state index is 0.0909. The first-order chi connectivity index (χ1) is 13.4.